The number of anilines is 1. The predicted octanol–water partition coefficient (Wildman–Crippen LogP) is 3.72. The monoisotopic (exact) mass is 441 g/mol. The molecule has 4 rings (SSSR count). The molecule has 0 unspecified atom stereocenters. The van der Waals surface area contributed by atoms with Gasteiger partial charge in [-0.3, -0.25) is 9.78 Å². The summed E-state index contributed by atoms with van der Waals surface area (Å²) in [7, 11) is 0. The third kappa shape index (κ3) is 4.45. The summed E-state index contributed by atoms with van der Waals surface area (Å²) in [5.41, 5.74) is 7.78. The van der Waals surface area contributed by atoms with Crippen molar-refractivity contribution in [3.8, 4) is 6.07 Å². The van der Waals surface area contributed by atoms with Crippen LogP contribution < -0.4 is 5.73 Å². The number of fused-ring (bicyclic) bond motifs is 1. The number of halogens is 1. The van der Waals surface area contributed by atoms with Crippen molar-refractivity contribution in [2.75, 3.05) is 5.73 Å². The predicted molar refractivity (Wildman–Crippen MR) is 120 cm³/mol. The van der Waals surface area contributed by atoms with E-state index in [0.717, 1.165) is 5.56 Å². The van der Waals surface area contributed by atoms with Crippen molar-refractivity contribution in [1.82, 2.24) is 24.8 Å². The summed E-state index contributed by atoms with van der Waals surface area (Å²) in [6.07, 6.45) is 4.59. The number of aryl methyl sites for hydroxylation is 1. The van der Waals surface area contributed by atoms with Crippen molar-refractivity contribution in [2.45, 2.75) is 26.4 Å². The summed E-state index contributed by atoms with van der Waals surface area (Å²) in [4.78, 5) is 32.0. The van der Waals surface area contributed by atoms with E-state index in [-0.39, 0.29) is 12.1 Å². The highest BCUT2D eigenvalue weighted by molar-refractivity contribution is 5.98. The minimum absolute atomic E-state index is 0.0699. The summed E-state index contributed by atoms with van der Waals surface area (Å²) in [6, 6.07) is 10.8. The average molecular weight is 441 g/mol. The van der Waals surface area contributed by atoms with E-state index < -0.39 is 17.8 Å². The summed E-state index contributed by atoms with van der Waals surface area (Å²) < 4.78 is 15.1. The molecule has 9 heteroatoms. The van der Waals surface area contributed by atoms with Crippen LogP contribution in [0.4, 0.5) is 10.2 Å². The van der Waals surface area contributed by atoms with E-state index in [0.29, 0.717) is 33.8 Å². The zero-order chi connectivity index (χ0) is 23.5. The molecule has 4 aromatic rings. The summed E-state index contributed by atoms with van der Waals surface area (Å²) in [5.74, 6) is -0.535. The van der Waals surface area contributed by atoms with E-state index in [1.807, 2.05) is 6.07 Å². The number of nitrogens with two attached hydrogens (primary N) is 1. The summed E-state index contributed by atoms with van der Waals surface area (Å²) >= 11 is 0. The highest BCUT2D eigenvalue weighted by Gasteiger charge is 2.27. The van der Waals surface area contributed by atoms with Crippen molar-refractivity contribution in [3.63, 3.8) is 0 Å². The largest absolute Gasteiger partial charge is 0.383 e. The van der Waals surface area contributed by atoms with Crippen LogP contribution in [0.2, 0.25) is 0 Å². The van der Waals surface area contributed by atoms with Gasteiger partial charge in [0.15, 0.2) is 0 Å². The van der Waals surface area contributed by atoms with Crippen LogP contribution in [-0.2, 0) is 6.54 Å². The number of hydrogen-bond acceptors (Lipinski definition) is 7. The molecule has 2 N–H and O–H groups in total. The van der Waals surface area contributed by atoms with Gasteiger partial charge >= 0.3 is 0 Å². The molecule has 1 amide bonds. The first kappa shape index (κ1) is 21.8. The van der Waals surface area contributed by atoms with Crippen molar-refractivity contribution in [2.24, 2.45) is 0 Å². The second-order valence-electron chi connectivity index (χ2n) is 7.58. The number of nitriles is 1. The molecule has 0 aliphatic heterocycles. The average Bonchev–Trinajstić information content (AvgIpc) is 2.83. The van der Waals surface area contributed by atoms with Gasteiger partial charge in [-0.05, 0) is 49.7 Å². The number of nitrogen functional groups attached to an aromatic ring is 1. The van der Waals surface area contributed by atoms with E-state index in [2.05, 4.69) is 19.9 Å². The Bertz CT molecular complexity index is 1370. The number of benzene rings is 1. The van der Waals surface area contributed by atoms with Crippen LogP contribution in [0.1, 0.15) is 46.0 Å². The molecule has 0 saturated heterocycles. The fraction of sp³-hybridized carbons (Fsp3) is 0.167. The van der Waals surface area contributed by atoms with Gasteiger partial charge < -0.3 is 10.6 Å². The van der Waals surface area contributed by atoms with E-state index >= 15 is 4.39 Å². The molecule has 1 aromatic carbocycles. The number of rotatable bonds is 5. The molecule has 0 saturated carbocycles. The van der Waals surface area contributed by atoms with Crippen molar-refractivity contribution in [1.29, 1.82) is 5.26 Å². The Morgan fingerprint density at radius 2 is 1.97 bits per heavy atom. The van der Waals surface area contributed by atoms with Crippen molar-refractivity contribution in [3.05, 3.63) is 89.0 Å². The SMILES string of the molecule is Cc1cc2cc(C(=O)N(Cc3ccc(C#N)cn3)[C@H](C)c3ncccn3)c(F)cc2nc1N. The molecule has 1 atom stereocenters. The molecule has 0 spiro atoms. The van der Waals surface area contributed by atoms with Gasteiger partial charge in [-0.15, -0.1) is 0 Å². The highest BCUT2D eigenvalue weighted by atomic mass is 19.1. The van der Waals surface area contributed by atoms with Crippen LogP contribution in [0.15, 0.2) is 55.0 Å². The molecule has 0 fully saturated rings. The standard InChI is InChI=1S/C24H20FN7O/c1-14-8-17-9-19(20(25)10-21(17)31-22(14)27)24(33)32(15(2)23-28-6-3-7-29-23)13-18-5-4-16(11-26)12-30-18/h3-10,12,15H,13H2,1-2H3,(H2,27,31)/t15-/m1/s1. The van der Waals surface area contributed by atoms with Crippen LogP contribution >= 0.6 is 0 Å². The Labute approximate surface area is 189 Å². The first-order chi connectivity index (χ1) is 15.9. The Balaban J connectivity index is 1.77. The molecule has 0 bridgehead atoms. The molecule has 0 radical (unpaired) electrons. The highest BCUT2D eigenvalue weighted by Crippen LogP contribution is 2.26. The van der Waals surface area contributed by atoms with E-state index in [4.69, 9.17) is 11.0 Å². The Morgan fingerprint density at radius 1 is 1.21 bits per heavy atom. The molecule has 3 aromatic heterocycles. The maximum Gasteiger partial charge on any atom is 0.257 e. The number of nitrogens with zero attached hydrogens (tertiary/aromatic N) is 6. The molecule has 33 heavy (non-hydrogen) atoms. The fourth-order valence-electron chi connectivity index (χ4n) is 3.44. The maximum absolute atomic E-state index is 15.1. The van der Waals surface area contributed by atoms with E-state index in [1.54, 1.807) is 50.5 Å². The van der Waals surface area contributed by atoms with Crippen molar-refractivity contribution < 1.29 is 9.18 Å². The van der Waals surface area contributed by atoms with Gasteiger partial charge in [-0.25, -0.2) is 19.3 Å². The molecular weight excluding hydrogens is 421 g/mol. The van der Waals surface area contributed by atoms with Crippen LogP contribution in [0.5, 0.6) is 0 Å². The van der Waals surface area contributed by atoms with Crippen molar-refractivity contribution >= 4 is 22.6 Å². The minimum Gasteiger partial charge on any atom is -0.383 e. The summed E-state index contributed by atoms with van der Waals surface area (Å²) in [6.45, 7) is 3.63. The second-order valence-corrected chi connectivity index (χ2v) is 7.58. The van der Waals surface area contributed by atoms with Crippen LogP contribution in [-0.4, -0.2) is 30.7 Å². The van der Waals surface area contributed by atoms with Gasteiger partial charge in [-0.1, -0.05) is 0 Å². The number of carbonyl (C=O) groups is 1. The third-order valence-electron chi connectivity index (χ3n) is 5.34. The Hall–Kier alpha value is -4.45. The van der Waals surface area contributed by atoms with Crippen LogP contribution in [0.25, 0.3) is 10.9 Å². The zero-order valence-electron chi connectivity index (χ0n) is 18.0. The normalized spacial score (nSPS) is 11.7. The lowest BCUT2D eigenvalue weighted by Crippen LogP contribution is -2.35. The number of amides is 1. The molecular formula is C24H20FN7O. The van der Waals surface area contributed by atoms with E-state index in [9.17, 15) is 4.79 Å². The minimum atomic E-state index is -0.706. The van der Waals surface area contributed by atoms with Gasteiger partial charge in [0.1, 0.15) is 23.5 Å². The number of aromatic nitrogens is 4. The second kappa shape index (κ2) is 8.96. The first-order valence-corrected chi connectivity index (χ1v) is 10.2. The third-order valence-corrected chi connectivity index (χ3v) is 5.34. The lowest BCUT2D eigenvalue weighted by Gasteiger charge is -2.28. The Kier molecular flexibility index (Phi) is 5.91. The molecule has 0 aliphatic rings. The zero-order valence-corrected chi connectivity index (χ0v) is 18.0. The smallest absolute Gasteiger partial charge is 0.257 e. The first-order valence-electron chi connectivity index (χ1n) is 10.2. The number of carbonyl (C=O) groups excluding carboxylic acids is 1. The molecule has 164 valence electrons. The molecule has 0 aliphatic carbocycles. The van der Waals surface area contributed by atoms with Gasteiger partial charge in [0.25, 0.3) is 5.91 Å². The molecule has 8 nitrogen and oxygen atoms in total. The maximum atomic E-state index is 15.1. The van der Waals surface area contributed by atoms with Gasteiger partial charge in [0.2, 0.25) is 0 Å². The number of pyridine rings is 2. The number of hydrogen-bond donors (Lipinski definition) is 1. The van der Waals surface area contributed by atoms with E-state index in [1.165, 1.54) is 23.2 Å². The quantitative estimate of drug-likeness (QED) is 0.501. The van der Waals surface area contributed by atoms with Gasteiger partial charge in [0.05, 0.1) is 34.9 Å². The lowest BCUT2D eigenvalue weighted by molar-refractivity contribution is 0.0658. The van der Waals surface area contributed by atoms with Crippen LogP contribution in [0, 0.1) is 24.1 Å². The van der Waals surface area contributed by atoms with Crippen LogP contribution in [0.3, 0.4) is 0 Å². The Morgan fingerprint density at radius 3 is 2.64 bits per heavy atom. The molecule has 3 heterocycles. The lowest BCUT2D eigenvalue weighted by atomic mass is 10.1. The van der Waals surface area contributed by atoms with Gasteiger partial charge in [-0.2, -0.15) is 5.26 Å². The van der Waals surface area contributed by atoms with Gasteiger partial charge in [0, 0.05) is 30.0 Å². The topological polar surface area (TPSA) is 122 Å². The summed E-state index contributed by atoms with van der Waals surface area (Å²) in [5, 5.41) is 9.62. The fourth-order valence-corrected chi connectivity index (χ4v) is 3.44.